The van der Waals surface area contributed by atoms with Gasteiger partial charge >= 0.3 is 0 Å². The Balaban J connectivity index is 2.73. The van der Waals surface area contributed by atoms with Crippen molar-refractivity contribution in [3.63, 3.8) is 0 Å². The summed E-state index contributed by atoms with van der Waals surface area (Å²) in [5, 5.41) is 1.30. The Morgan fingerprint density at radius 2 is 2.20 bits per heavy atom. The van der Waals surface area contributed by atoms with Gasteiger partial charge in [0.2, 0.25) is 10.5 Å². The molecule has 2 aromatic rings. The van der Waals surface area contributed by atoms with E-state index >= 15 is 0 Å². The fraction of sp³-hybridized carbons (Fsp3) is 0.364. The molecule has 15 heavy (non-hydrogen) atoms. The molecule has 2 rings (SSSR count). The quantitative estimate of drug-likeness (QED) is 0.738. The topological polar surface area (TPSA) is 20.9 Å². The molecule has 4 heteroatoms. The number of benzene rings is 1. The first-order valence-electron chi connectivity index (χ1n) is 4.90. The van der Waals surface area contributed by atoms with Gasteiger partial charge in [-0.2, -0.15) is 4.57 Å². The molecule has 1 atom stereocenters. The number of nitrogens with zero attached hydrogens (tertiary/aromatic N) is 1. The van der Waals surface area contributed by atoms with E-state index in [1.165, 1.54) is 15.2 Å². The molecular weight excluding hydrogens is 226 g/mol. The van der Waals surface area contributed by atoms with Gasteiger partial charge in [0.15, 0.2) is 0 Å². The number of rotatable bonds is 2. The second kappa shape index (κ2) is 4.02. The van der Waals surface area contributed by atoms with E-state index in [4.69, 9.17) is 0 Å². The van der Waals surface area contributed by atoms with Gasteiger partial charge in [-0.1, -0.05) is 11.3 Å². The van der Waals surface area contributed by atoms with E-state index in [0.29, 0.717) is 0 Å². The van der Waals surface area contributed by atoms with Crippen LogP contribution in [-0.2, 0) is 17.3 Å². The maximum atomic E-state index is 11.4. The molecule has 80 valence electrons. The summed E-state index contributed by atoms with van der Waals surface area (Å²) >= 11 is 1.79. The normalized spacial score (nSPS) is 13.3. The number of fused-ring (bicyclic) bond motifs is 1. The number of hydrogen-bond donors (Lipinski definition) is 0. The second-order valence-corrected chi connectivity index (χ2v) is 6.06. The predicted molar refractivity (Wildman–Crippen MR) is 64.8 cm³/mol. The molecule has 0 aliphatic carbocycles. The van der Waals surface area contributed by atoms with Gasteiger partial charge in [-0.3, -0.25) is 4.21 Å². The molecule has 0 saturated heterocycles. The molecule has 0 aliphatic heterocycles. The molecule has 1 aromatic carbocycles. The van der Waals surface area contributed by atoms with Crippen molar-refractivity contribution in [2.75, 3.05) is 6.26 Å². The number of aryl methyl sites for hydroxylation is 2. The molecule has 0 radical (unpaired) electrons. The molecule has 0 amide bonds. The molecule has 0 fully saturated rings. The van der Waals surface area contributed by atoms with Crippen LogP contribution in [0, 0.1) is 6.92 Å². The maximum Gasteiger partial charge on any atom is 0.235 e. The largest absolute Gasteiger partial charge is 0.255 e. The van der Waals surface area contributed by atoms with Crippen LogP contribution in [0.5, 0.6) is 0 Å². The van der Waals surface area contributed by atoms with E-state index in [-0.39, 0.29) is 0 Å². The van der Waals surface area contributed by atoms with Gasteiger partial charge in [0, 0.05) is 24.1 Å². The van der Waals surface area contributed by atoms with Crippen LogP contribution < -0.4 is 4.57 Å². The Labute approximate surface area is 96.0 Å². The number of aromatic nitrogens is 1. The summed E-state index contributed by atoms with van der Waals surface area (Å²) in [6.45, 7) is 5.22. The predicted octanol–water partition coefficient (Wildman–Crippen LogP) is 2.25. The summed E-state index contributed by atoms with van der Waals surface area (Å²) in [5.74, 6) is 0. The summed E-state index contributed by atoms with van der Waals surface area (Å²) in [6.07, 6.45) is 1.72. The van der Waals surface area contributed by atoms with E-state index in [9.17, 15) is 4.21 Å². The van der Waals surface area contributed by atoms with Crippen molar-refractivity contribution in [2.45, 2.75) is 25.3 Å². The SMILES string of the molecule is CC[n+]1c(C)sc2ccc(S(C)=O)cc21. The van der Waals surface area contributed by atoms with Crippen LogP contribution in [0.4, 0.5) is 0 Å². The number of thiazole rings is 1. The lowest BCUT2D eigenvalue weighted by Gasteiger charge is -1.95. The molecule has 0 saturated carbocycles. The van der Waals surface area contributed by atoms with Crippen LogP contribution in [0.2, 0.25) is 0 Å². The average Bonchev–Trinajstić information content (AvgIpc) is 2.51. The number of hydrogen-bond acceptors (Lipinski definition) is 2. The van der Waals surface area contributed by atoms with Crippen molar-refractivity contribution in [3.8, 4) is 0 Å². The van der Waals surface area contributed by atoms with Crippen molar-refractivity contribution < 1.29 is 8.78 Å². The Morgan fingerprint density at radius 3 is 2.80 bits per heavy atom. The molecule has 0 bridgehead atoms. The van der Waals surface area contributed by atoms with Crippen molar-refractivity contribution in [3.05, 3.63) is 23.2 Å². The smallest absolute Gasteiger partial charge is 0.235 e. The Morgan fingerprint density at radius 1 is 1.47 bits per heavy atom. The Kier molecular flexibility index (Phi) is 2.89. The molecule has 0 N–H and O–H groups in total. The van der Waals surface area contributed by atoms with E-state index in [1.807, 2.05) is 12.1 Å². The van der Waals surface area contributed by atoms with Crippen molar-refractivity contribution in [1.29, 1.82) is 0 Å². The fourth-order valence-corrected chi connectivity index (χ4v) is 3.35. The first-order valence-corrected chi connectivity index (χ1v) is 7.27. The lowest BCUT2D eigenvalue weighted by molar-refractivity contribution is -0.669. The molecule has 0 spiro atoms. The molecule has 2 nitrogen and oxygen atoms in total. The maximum absolute atomic E-state index is 11.4. The van der Waals surface area contributed by atoms with E-state index in [1.54, 1.807) is 17.6 Å². The highest BCUT2D eigenvalue weighted by Gasteiger charge is 2.16. The zero-order valence-corrected chi connectivity index (χ0v) is 10.7. The van der Waals surface area contributed by atoms with Gasteiger partial charge in [0.25, 0.3) is 0 Å². The summed E-state index contributed by atoms with van der Waals surface area (Å²) in [5.41, 5.74) is 1.20. The highest BCUT2D eigenvalue weighted by atomic mass is 32.2. The van der Waals surface area contributed by atoms with E-state index in [0.717, 1.165) is 11.4 Å². The zero-order valence-electron chi connectivity index (χ0n) is 9.11. The summed E-state index contributed by atoms with van der Waals surface area (Å²) in [7, 11) is -0.895. The Bertz CT molecular complexity index is 531. The lowest BCUT2D eigenvalue weighted by atomic mass is 10.3. The first-order chi connectivity index (χ1) is 7.13. The van der Waals surface area contributed by atoms with Crippen LogP contribution in [0.1, 0.15) is 11.9 Å². The molecule has 1 heterocycles. The Hall–Kier alpha value is -0.740. The third kappa shape index (κ3) is 1.84. The van der Waals surface area contributed by atoms with Crippen LogP contribution in [0.15, 0.2) is 23.1 Å². The fourth-order valence-electron chi connectivity index (χ4n) is 1.75. The van der Waals surface area contributed by atoms with Crippen molar-refractivity contribution >= 4 is 32.4 Å². The average molecular weight is 240 g/mol. The molecule has 0 aliphatic rings. The van der Waals surface area contributed by atoms with Crippen LogP contribution >= 0.6 is 11.3 Å². The molecule has 1 aromatic heterocycles. The van der Waals surface area contributed by atoms with Gasteiger partial charge in [0.1, 0.15) is 11.2 Å². The van der Waals surface area contributed by atoms with Gasteiger partial charge in [-0.15, -0.1) is 0 Å². The minimum atomic E-state index is -0.895. The third-order valence-electron chi connectivity index (χ3n) is 2.51. The van der Waals surface area contributed by atoms with Crippen molar-refractivity contribution in [2.24, 2.45) is 0 Å². The standard InChI is InChI=1S/C11H14NOS2/c1-4-12-8(2)14-11-6-5-9(15(3)13)7-10(11)12/h5-7H,4H2,1-3H3/q+1. The molecule has 1 unspecified atom stereocenters. The van der Waals surface area contributed by atoms with E-state index in [2.05, 4.69) is 24.5 Å². The highest BCUT2D eigenvalue weighted by Crippen LogP contribution is 2.22. The van der Waals surface area contributed by atoms with Crippen LogP contribution in [0.3, 0.4) is 0 Å². The van der Waals surface area contributed by atoms with E-state index < -0.39 is 10.8 Å². The summed E-state index contributed by atoms with van der Waals surface area (Å²) < 4.78 is 14.9. The van der Waals surface area contributed by atoms with Crippen LogP contribution in [-0.4, -0.2) is 10.5 Å². The second-order valence-electron chi connectivity index (χ2n) is 3.45. The van der Waals surface area contributed by atoms with Gasteiger partial charge in [-0.05, 0) is 19.1 Å². The lowest BCUT2D eigenvalue weighted by Crippen LogP contribution is -2.33. The third-order valence-corrected chi connectivity index (χ3v) is 4.51. The minimum absolute atomic E-state index is 0.895. The van der Waals surface area contributed by atoms with Crippen LogP contribution in [0.25, 0.3) is 10.2 Å². The van der Waals surface area contributed by atoms with Gasteiger partial charge in [-0.25, -0.2) is 0 Å². The zero-order chi connectivity index (χ0) is 11.0. The summed E-state index contributed by atoms with van der Waals surface area (Å²) in [4.78, 5) is 0.905. The summed E-state index contributed by atoms with van der Waals surface area (Å²) in [6, 6.07) is 6.06. The van der Waals surface area contributed by atoms with Crippen molar-refractivity contribution in [1.82, 2.24) is 0 Å². The van der Waals surface area contributed by atoms with Gasteiger partial charge < -0.3 is 0 Å². The highest BCUT2D eigenvalue weighted by molar-refractivity contribution is 7.84. The molecular formula is C11H14NOS2+. The monoisotopic (exact) mass is 240 g/mol. The minimum Gasteiger partial charge on any atom is -0.255 e. The van der Waals surface area contributed by atoms with Gasteiger partial charge in [0.05, 0.1) is 10.8 Å². The first kappa shape index (κ1) is 10.8.